The van der Waals surface area contributed by atoms with Gasteiger partial charge in [0.15, 0.2) is 0 Å². The number of ether oxygens (including phenoxy) is 1. The Bertz CT molecular complexity index is 502. The van der Waals surface area contributed by atoms with Crippen LogP contribution in [0.3, 0.4) is 0 Å². The summed E-state index contributed by atoms with van der Waals surface area (Å²) in [6.07, 6.45) is 3.36. The second-order valence-corrected chi connectivity index (χ2v) is 3.93. The van der Waals surface area contributed by atoms with Crippen molar-refractivity contribution in [1.29, 1.82) is 0 Å². The smallest absolute Gasteiger partial charge is 0.131 e. The molecule has 1 heterocycles. The van der Waals surface area contributed by atoms with E-state index in [-0.39, 0.29) is 5.92 Å². The second-order valence-electron chi connectivity index (χ2n) is 3.93. The minimum atomic E-state index is 0.187. The van der Waals surface area contributed by atoms with Crippen molar-refractivity contribution in [3.8, 4) is 5.75 Å². The Morgan fingerprint density at radius 2 is 2.25 bits per heavy atom. The molecule has 0 aliphatic carbocycles. The average molecular weight is 217 g/mol. The van der Waals surface area contributed by atoms with E-state index in [9.17, 15) is 4.79 Å². The van der Waals surface area contributed by atoms with E-state index >= 15 is 0 Å². The van der Waals surface area contributed by atoms with Gasteiger partial charge in [-0.3, -0.25) is 0 Å². The van der Waals surface area contributed by atoms with E-state index in [0.29, 0.717) is 6.42 Å². The third-order valence-electron chi connectivity index (χ3n) is 2.90. The lowest BCUT2D eigenvalue weighted by Gasteiger charge is -2.14. The number of rotatable bonds is 4. The Labute approximate surface area is 94.4 Å². The first-order valence-electron chi connectivity index (χ1n) is 5.35. The Morgan fingerprint density at radius 3 is 2.94 bits per heavy atom. The summed E-state index contributed by atoms with van der Waals surface area (Å²) in [6, 6.07) is 6.03. The van der Waals surface area contributed by atoms with Crippen LogP contribution in [-0.2, 0) is 4.79 Å². The van der Waals surface area contributed by atoms with Crippen LogP contribution in [0.4, 0.5) is 0 Å². The molecule has 0 bridgehead atoms. The molecule has 16 heavy (non-hydrogen) atoms. The predicted octanol–water partition coefficient (Wildman–Crippen LogP) is 2.87. The van der Waals surface area contributed by atoms with Gasteiger partial charge in [0.25, 0.3) is 0 Å². The van der Waals surface area contributed by atoms with E-state index in [1.54, 1.807) is 7.11 Å². The lowest BCUT2D eigenvalue weighted by Crippen LogP contribution is -1.98. The fourth-order valence-electron chi connectivity index (χ4n) is 2.01. The summed E-state index contributed by atoms with van der Waals surface area (Å²) < 4.78 is 5.45. The van der Waals surface area contributed by atoms with Gasteiger partial charge in [-0.05, 0) is 23.6 Å². The summed E-state index contributed by atoms with van der Waals surface area (Å²) in [5.74, 6) is 1.06. The molecular formula is C13H15NO2. The third kappa shape index (κ3) is 1.69. The van der Waals surface area contributed by atoms with Crippen LogP contribution in [0.2, 0.25) is 0 Å². The van der Waals surface area contributed by atoms with Crippen molar-refractivity contribution in [3.05, 3.63) is 30.0 Å². The molecule has 3 nitrogen and oxygen atoms in total. The Kier molecular flexibility index (Phi) is 2.95. The number of hydrogen-bond donors (Lipinski definition) is 1. The number of hydrogen-bond acceptors (Lipinski definition) is 2. The molecule has 1 aromatic heterocycles. The number of aldehydes is 1. The molecule has 0 aliphatic heterocycles. The number of methoxy groups -OCH3 is 1. The number of aromatic nitrogens is 1. The van der Waals surface area contributed by atoms with Gasteiger partial charge in [0.1, 0.15) is 12.0 Å². The molecule has 0 saturated carbocycles. The Hall–Kier alpha value is -1.77. The van der Waals surface area contributed by atoms with Gasteiger partial charge >= 0.3 is 0 Å². The van der Waals surface area contributed by atoms with E-state index in [1.807, 2.05) is 31.3 Å². The van der Waals surface area contributed by atoms with Crippen LogP contribution in [0.1, 0.15) is 24.8 Å². The van der Waals surface area contributed by atoms with Crippen LogP contribution >= 0.6 is 0 Å². The van der Waals surface area contributed by atoms with Crippen molar-refractivity contribution < 1.29 is 9.53 Å². The fourth-order valence-corrected chi connectivity index (χ4v) is 2.01. The lowest BCUT2D eigenvalue weighted by atomic mass is 9.96. The average Bonchev–Trinajstić information content (AvgIpc) is 2.75. The number of fused-ring (bicyclic) bond motifs is 1. The van der Waals surface area contributed by atoms with Gasteiger partial charge in [0, 0.05) is 23.5 Å². The van der Waals surface area contributed by atoms with Gasteiger partial charge in [-0.2, -0.15) is 0 Å². The van der Waals surface area contributed by atoms with E-state index in [2.05, 4.69) is 4.98 Å². The van der Waals surface area contributed by atoms with Crippen molar-refractivity contribution >= 4 is 17.2 Å². The maximum absolute atomic E-state index is 10.6. The zero-order valence-corrected chi connectivity index (χ0v) is 9.49. The first kappa shape index (κ1) is 10.7. The zero-order valence-electron chi connectivity index (χ0n) is 9.49. The first-order chi connectivity index (χ1) is 7.77. The van der Waals surface area contributed by atoms with Crippen LogP contribution in [-0.4, -0.2) is 18.4 Å². The summed E-state index contributed by atoms with van der Waals surface area (Å²) in [5.41, 5.74) is 2.14. The number of carbonyl (C=O) groups excluding carboxylic acids is 1. The summed E-state index contributed by atoms with van der Waals surface area (Å²) in [4.78, 5) is 13.7. The SMILES string of the molecule is COc1c(C(C)CC=O)ccc2[nH]ccc12. The predicted molar refractivity (Wildman–Crippen MR) is 63.9 cm³/mol. The van der Waals surface area contributed by atoms with Gasteiger partial charge in [-0.15, -0.1) is 0 Å². The van der Waals surface area contributed by atoms with Crippen LogP contribution in [0.5, 0.6) is 5.75 Å². The quantitative estimate of drug-likeness (QED) is 0.800. The highest BCUT2D eigenvalue weighted by molar-refractivity contribution is 5.87. The highest BCUT2D eigenvalue weighted by Gasteiger charge is 2.14. The number of H-pyrrole nitrogens is 1. The first-order valence-corrected chi connectivity index (χ1v) is 5.35. The molecule has 0 radical (unpaired) electrons. The molecule has 2 aromatic rings. The van der Waals surface area contributed by atoms with E-state index in [0.717, 1.165) is 28.5 Å². The molecule has 1 N–H and O–H groups in total. The molecule has 0 fully saturated rings. The van der Waals surface area contributed by atoms with Gasteiger partial charge in [-0.1, -0.05) is 13.0 Å². The van der Waals surface area contributed by atoms with Crippen LogP contribution in [0, 0.1) is 0 Å². The molecule has 3 heteroatoms. The molecule has 2 rings (SSSR count). The van der Waals surface area contributed by atoms with Gasteiger partial charge in [-0.25, -0.2) is 0 Å². The summed E-state index contributed by atoms with van der Waals surface area (Å²) in [6.45, 7) is 2.03. The Morgan fingerprint density at radius 1 is 1.44 bits per heavy atom. The van der Waals surface area contributed by atoms with Crippen molar-refractivity contribution in [3.63, 3.8) is 0 Å². The van der Waals surface area contributed by atoms with Gasteiger partial charge < -0.3 is 14.5 Å². The van der Waals surface area contributed by atoms with Crippen LogP contribution in [0.25, 0.3) is 10.9 Å². The highest BCUT2D eigenvalue weighted by atomic mass is 16.5. The largest absolute Gasteiger partial charge is 0.496 e. The van der Waals surface area contributed by atoms with Crippen molar-refractivity contribution in [2.24, 2.45) is 0 Å². The molecule has 1 aromatic carbocycles. The summed E-state index contributed by atoms with van der Waals surface area (Å²) in [7, 11) is 1.67. The second kappa shape index (κ2) is 4.39. The highest BCUT2D eigenvalue weighted by Crippen LogP contribution is 2.34. The number of benzene rings is 1. The van der Waals surface area contributed by atoms with Crippen molar-refractivity contribution in [1.82, 2.24) is 4.98 Å². The van der Waals surface area contributed by atoms with E-state index in [1.165, 1.54) is 0 Å². The van der Waals surface area contributed by atoms with Crippen molar-refractivity contribution in [2.75, 3.05) is 7.11 Å². The standard InChI is InChI=1S/C13H15NO2/c1-9(6-8-15)10-3-4-12-11(5-7-14-12)13(10)16-2/h3-5,7-9,14H,6H2,1-2H3. The van der Waals surface area contributed by atoms with Crippen LogP contribution in [0.15, 0.2) is 24.4 Å². The normalized spacial score (nSPS) is 12.6. The van der Waals surface area contributed by atoms with E-state index in [4.69, 9.17) is 4.74 Å². The van der Waals surface area contributed by atoms with Gasteiger partial charge in [0.2, 0.25) is 0 Å². The minimum absolute atomic E-state index is 0.187. The topological polar surface area (TPSA) is 42.1 Å². The molecule has 0 amide bonds. The molecule has 84 valence electrons. The van der Waals surface area contributed by atoms with E-state index < -0.39 is 0 Å². The molecule has 0 aliphatic rings. The van der Waals surface area contributed by atoms with Crippen LogP contribution < -0.4 is 4.74 Å². The molecule has 0 saturated heterocycles. The number of aromatic amines is 1. The molecule has 1 atom stereocenters. The Balaban J connectivity index is 2.55. The maximum Gasteiger partial charge on any atom is 0.131 e. The van der Waals surface area contributed by atoms with Gasteiger partial charge in [0.05, 0.1) is 7.11 Å². The third-order valence-corrected chi connectivity index (χ3v) is 2.90. The molecule has 0 spiro atoms. The maximum atomic E-state index is 10.6. The number of nitrogens with one attached hydrogen (secondary N) is 1. The minimum Gasteiger partial charge on any atom is -0.496 e. The summed E-state index contributed by atoms with van der Waals surface area (Å²) in [5, 5.41) is 1.07. The molecular weight excluding hydrogens is 202 g/mol. The molecule has 1 unspecified atom stereocenters. The zero-order chi connectivity index (χ0) is 11.5. The summed E-state index contributed by atoms with van der Waals surface area (Å²) >= 11 is 0. The number of carbonyl (C=O) groups is 1. The lowest BCUT2D eigenvalue weighted by molar-refractivity contribution is -0.108. The fraction of sp³-hybridized carbons (Fsp3) is 0.308. The van der Waals surface area contributed by atoms with Crippen molar-refractivity contribution in [2.45, 2.75) is 19.3 Å². The monoisotopic (exact) mass is 217 g/mol.